The zero-order valence-corrected chi connectivity index (χ0v) is 5.42. The molecule has 0 spiro atoms. The lowest BCUT2D eigenvalue weighted by molar-refractivity contribution is -0.111. The molecule has 4 heteroatoms. The van der Waals surface area contributed by atoms with E-state index < -0.39 is 0 Å². The number of aliphatic imine (C=N–C) groups is 1. The third kappa shape index (κ3) is 1.41. The summed E-state index contributed by atoms with van der Waals surface area (Å²) < 4.78 is 0. The summed E-state index contributed by atoms with van der Waals surface area (Å²) >= 11 is 0. The molecule has 0 amide bonds. The van der Waals surface area contributed by atoms with Gasteiger partial charge in [-0.1, -0.05) is 0 Å². The lowest BCUT2D eigenvalue weighted by Gasteiger charge is -2.05. The Balaban J connectivity index is 2.62. The summed E-state index contributed by atoms with van der Waals surface area (Å²) in [6, 6.07) is 0. The second kappa shape index (κ2) is 3.12. The Bertz CT molecular complexity index is 195. The smallest absolute Gasteiger partial charge is 0.193 e. The molecular weight excluding hydrogens is 130 g/mol. The molecule has 0 saturated carbocycles. The first kappa shape index (κ1) is 6.95. The molecule has 2 N–H and O–H groups in total. The average Bonchev–Trinajstić information content (AvgIpc) is 2.05. The van der Waals surface area contributed by atoms with E-state index in [0.717, 1.165) is 0 Å². The van der Waals surface area contributed by atoms with Crippen LogP contribution in [-0.2, 0) is 4.79 Å². The summed E-state index contributed by atoms with van der Waals surface area (Å²) in [5.41, 5.74) is 7.20. The fraction of sp³-hybridized carbons (Fsp3) is 0.333. The Morgan fingerprint density at radius 3 is 3.20 bits per heavy atom. The van der Waals surface area contributed by atoms with Gasteiger partial charge in [-0.15, -0.1) is 0 Å². The quantitative estimate of drug-likeness (QED) is 0.551. The van der Waals surface area contributed by atoms with Crippen LogP contribution >= 0.6 is 0 Å². The summed E-state index contributed by atoms with van der Waals surface area (Å²) in [7, 11) is 0. The van der Waals surface area contributed by atoms with E-state index in [-0.39, 0.29) is 12.3 Å². The minimum atomic E-state index is -0.214. The van der Waals surface area contributed by atoms with Gasteiger partial charge < -0.3 is 5.32 Å². The zero-order chi connectivity index (χ0) is 7.40. The Labute approximate surface area is 58.8 Å². The molecule has 1 aliphatic rings. The van der Waals surface area contributed by atoms with E-state index in [2.05, 4.69) is 10.3 Å². The number of carbonyl (C=O) groups is 1. The molecule has 0 bridgehead atoms. The molecule has 0 aromatic rings. The van der Waals surface area contributed by atoms with E-state index in [0.29, 0.717) is 12.3 Å². The van der Waals surface area contributed by atoms with Crippen molar-refractivity contribution in [2.24, 2.45) is 4.99 Å². The molecular formula is C6H8N3O. The highest BCUT2D eigenvalue weighted by atomic mass is 16.1. The summed E-state index contributed by atoms with van der Waals surface area (Å²) in [6.07, 6.45) is 3.19. The van der Waals surface area contributed by atoms with Crippen LogP contribution in [0.4, 0.5) is 0 Å². The van der Waals surface area contributed by atoms with Gasteiger partial charge in [-0.3, -0.25) is 9.79 Å². The predicted molar refractivity (Wildman–Crippen MR) is 37.5 cm³/mol. The summed E-state index contributed by atoms with van der Waals surface area (Å²) in [5, 5.41) is 2.83. The molecule has 0 unspecified atom stereocenters. The number of carbonyl (C=O) groups excluding carboxylic acids is 1. The van der Waals surface area contributed by atoms with E-state index in [1.165, 1.54) is 6.20 Å². The highest BCUT2D eigenvalue weighted by molar-refractivity contribution is 6.41. The Hall–Kier alpha value is -1.16. The lowest BCUT2D eigenvalue weighted by Crippen LogP contribution is -2.30. The van der Waals surface area contributed by atoms with Crippen LogP contribution in [0.3, 0.4) is 0 Å². The van der Waals surface area contributed by atoms with Crippen molar-refractivity contribution in [1.29, 1.82) is 0 Å². The molecule has 1 rings (SSSR count). The Kier molecular flexibility index (Phi) is 2.17. The van der Waals surface area contributed by atoms with Crippen LogP contribution in [0.5, 0.6) is 0 Å². The third-order valence-corrected chi connectivity index (χ3v) is 1.17. The van der Waals surface area contributed by atoms with Crippen molar-refractivity contribution < 1.29 is 4.79 Å². The van der Waals surface area contributed by atoms with Crippen LogP contribution in [0.1, 0.15) is 0 Å². The number of rotatable bonds is 2. The number of hydrogen-bond donors (Lipinski definition) is 1. The van der Waals surface area contributed by atoms with Crippen LogP contribution in [0.2, 0.25) is 0 Å². The van der Waals surface area contributed by atoms with Gasteiger partial charge in [0.05, 0.1) is 13.1 Å². The molecule has 0 aromatic heterocycles. The van der Waals surface area contributed by atoms with E-state index in [9.17, 15) is 4.79 Å². The largest absolute Gasteiger partial charge is 0.384 e. The molecule has 4 nitrogen and oxygen atoms in total. The van der Waals surface area contributed by atoms with Gasteiger partial charge in [-0.25, -0.2) is 5.73 Å². The SMILES string of the molecule is [NH]CC(=O)C1=NC=CNC1. The maximum Gasteiger partial charge on any atom is 0.193 e. The molecule has 0 fully saturated rings. The van der Waals surface area contributed by atoms with Crippen molar-refractivity contribution in [3.8, 4) is 0 Å². The van der Waals surface area contributed by atoms with Crippen LogP contribution in [0.15, 0.2) is 17.4 Å². The highest BCUT2D eigenvalue weighted by Gasteiger charge is 2.08. The van der Waals surface area contributed by atoms with Gasteiger partial charge in [0, 0.05) is 12.4 Å². The van der Waals surface area contributed by atoms with Gasteiger partial charge in [0.15, 0.2) is 5.78 Å². The van der Waals surface area contributed by atoms with Crippen molar-refractivity contribution in [2.45, 2.75) is 0 Å². The van der Waals surface area contributed by atoms with E-state index in [1.807, 2.05) is 0 Å². The first-order valence-electron chi connectivity index (χ1n) is 2.97. The average molecular weight is 138 g/mol. The Morgan fingerprint density at radius 2 is 2.70 bits per heavy atom. The third-order valence-electron chi connectivity index (χ3n) is 1.17. The monoisotopic (exact) mass is 138 g/mol. The van der Waals surface area contributed by atoms with Gasteiger partial charge in [0.1, 0.15) is 5.71 Å². The van der Waals surface area contributed by atoms with Crippen molar-refractivity contribution >= 4 is 11.5 Å². The molecule has 1 radical (unpaired) electrons. The molecule has 0 saturated heterocycles. The van der Waals surface area contributed by atoms with Gasteiger partial charge in [0.25, 0.3) is 0 Å². The summed E-state index contributed by atoms with van der Waals surface area (Å²) in [4.78, 5) is 14.6. The molecule has 53 valence electrons. The fourth-order valence-electron chi connectivity index (χ4n) is 0.654. The first-order valence-corrected chi connectivity index (χ1v) is 2.97. The molecule has 0 aromatic carbocycles. The van der Waals surface area contributed by atoms with Crippen molar-refractivity contribution in [3.63, 3.8) is 0 Å². The van der Waals surface area contributed by atoms with Gasteiger partial charge in [0.2, 0.25) is 0 Å². The first-order chi connectivity index (χ1) is 4.84. The van der Waals surface area contributed by atoms with Crippen LogP contribution in [0, 0.1) is 0 Å². The molecule has 0 atom stereocenters. The number of Topliss-reactive ketones (excluding diaryl/α,β-unsaturated/α-hetero) is 1. The van der Waals surface area contributed by atoms with Crippen molar-refractivity contribution in [3.05, 3.63) is 12.4 Å². The lowest BCUT2D eigenvalue weighted by atomic mass is 10.2. The van der Waals surface area contributed by atoms with Crippen molar-refractivity contribution in [2.75, 3.05) is 13.1 Å². The molecule has 10 heavy (non-hydrogen) atoms. The van der Waals surface area contributed by atoms with E-state index in [4.69, 9.17) is 5.73 Å². The van der Waals surface area contributed by atoms with Crippen LogP contribution in [0.25, 0.3) is 0 Å². The Morgan fingerprint density at radius 1 is 1.90 bits per heavy atom. The standard InChI is InChI=1S/C6H8N3O/c7-3-6(10)5-4-8-1-2-9-5/h1-2,7-8H,3-4H2. The van der Waals surface area contributed by atoms with Crippen molar-refractivity contribution in [1.82, 2.24) is 11.1 Å². The summed E-state index contributed by atoms with van der Waals surface area (Å²) in [6.45, 7) is 0.239. The summed E-state index contributed by atoms with van der Waals surface area (Å²) in [5.74, 6) is -0.211. The molecule has 1 heterocycles. The maximum atomic E-state index is 10.8. The topological polar surface area (TPSA) is 65.3 Å². The predicted octanol–water partition coefficient (Wildman–Crippen LogP) is -0.646. The number of hydrogen-bond acceptors (Lipinski definition) is 3. The van der Waals surface area contributed by atoms with Gasteiger partial charge in [-0.05, 0) is 0 Å². The van der Waals surface area contributed by atoms with Gasteiger partial charge >= 0.3 is 0 Å². The number of nitrogens with zero attached hydrogens (tertiary/aromatic N) is 1. The highest BCUT2D eigenvalue weighted by Crippen LogP contribution is 1.87. The normalized spacial score (nSPS) is 15.9. The fourth-order valence-corrected chi connectivity index (χ4v) is 0.654. The van der Waals surface area contributed by atoms with Gasteiger partial charge in [-0.2, -0.15) is 0 Å². The maximum absolute atomic E-state index is 10.8. The number of ketones is 1. The van der Waals surface area contributed by atoms with E-state index >= 15 is 0 Å². The second-order valence-corrected chi connectivity index (χ2v) is 1.87. The van der Waals surface area contributed by atoms with E-state index in [1.54, 1.807) is 6.20 Å². The van der Waals surface area contributed by atoms with Crippen LogP contribution < -0.4 is 11.1 Å². The van der Waals surface area contributed by atoms with Crippen LogP contribution in [-0.4, -0.2) is 24.6 Å². The molecule has 1 aliphatic heterocycles. The second-order valence-electron chi connectivity index (χ2n) is 1.87. The minimum Gasteiger partial charge on any atom is -0.384 e. The number of nitrogens with one attached hydrogen (secondary N) is 2. The minimum absolute atomic E-state index is 0.211. The molecule has 0 aliphatic carbocycles. The zero-order valence-electron chi connectivity index (χ0n) is 5.42.